The molecular formula is C31H38N2O2. The Hall–Kier alpha value is -3.11. The molecule has 4 nitrogen and oxygen atoms in total. The van der Waals surface area contributed by atoms with Crippen molar-refractivity contribution in [2.75, 3.05) is 37.6 Å². The summed E-state index contributed by atoms with van der Waals surface area (Å²) < 4.78 is 0. The lowest BCUT2D eigenvalue weighted by Crippen LogP contribution is -2.31. The molecule has 1 aliphatic carbocycles. The molecule has 3 aliphatic rings. The van der Waals surface area contributed by atoms with Crippen molar-refractivity contribution in [3.8, 4) is 5.75 Å². The highest BCUT2D eigenvalue weighted by atomic mass is 16.3. The van der Waals surface area contributed by atoms with E-state index in [9.17, 15) is 9.90 Å². The first kappa shape index (κ1) is 25.0. The lowest BCUT2D eigenvalue weighted by molar-refractivity contribution is -0.108. The van der Waals surface area contributed by atoms with Gasteiger partial charge in [-0.25, -0.2) is 0 Å². The summed E-state index contributed by atoms with van der Waals surface area (Å²) in [6.07, 6.45) is 8.44. The molecule has 1 atom stereocenters. The van der Waals surface area contributed by atoms with E-state index in [0.717, 1.165) is 38.9 Å². The first-order valence-corrected chi connectivity index (χ1v) is 12.9. The van der Waals surface area contributed by atoms with Crippen molar-refractivity contribution in [2.24, 2.45) is 5.41 Å². The summed E-state index contributed by atoms with van der Waals surface area (Å²) in [7, 11) is 0. The third kappa shape index (κ3) is 7.19. The van der Waals surface area contributed by atoms with E-state index in [1.165, 1.54) is 48.9 Å². The number of benzene rings is 3. The fourth-order valence-corrected chi connectivity index (χ4v) is 5.52. The molecule has 35 heavy (non-hydrogen) atoms. The molecule has 1 unspecified atom stereocenters. The van der Waals surface area contributed by atoms with Crippen molar-refractivity contribution in [3.63, 3.8) is 0 Å². The molecule has 0 amide bonds. The Kier molecular flexibility index (Phi) is 8.96. The molecule has 0 radical (unpaired) electrons. The van der Waals surface area contributed by atoms with Crippen molar-refractivity contribution in [3.05, 3.63) is 96.1 Å². The Balaban J connectivity index is 0.000000143. The molecule has 0 saturated carbocycles. The van der Waals surface area contributed by atoms with Crippen LogP contribution in [0, 0.1) is 5.41 Å². The van der Waals surface area contributed by atoms with Crippen molar-refractivity contribution < 1.29 is 9.90 Å². The van der Waals surface area contributed by atoms with Crippen molar-refractivity contribution in [1.29, 1.82) is 0 Å². The maximum Gasteiger partial charge on any atom is 0.133 e. The average molecular weight is 471 g/mol. The number of rotatable bonds is 3. The first-order chi connectivity index (χ1) is 17.2. The highest BCUT2D eigenvalue weighted by Crippen LogP contribution is 2.40. The van der Waals surface area contributed by atoms with Crippen LogP contribution in [0.25, 0.3) is 0 Å². The number of hydrogen-bond donors (Lipinski definition) is 1. The molecule has 1 spiro atoms. The molecule has 3 aromatic carbocycles. The van der Waals surface area contributed by atoms with Gasteiger partial charge >= 0.3 is 0 Å². The topological polar surface area (TPSA) is 43.8 Å². The Morgan fingerprint density at radius 3 is 2.09 bits per heavy atom. The number of likely N-dealkylation sites (tertiary alicyclic amines) is 1. The SMILES string of the molecule is O=CCN1CCC2(CCN(c3ccccc3)C2)C1.Oc1ccc2c(c1)CCCC2.c1ccccc1. The summed E-state index contributed by atoms with van der Waals surface area (Å²) >= 11 is 0. The van der Waals surface area contributed by atoms with Gasteiger partial charge in [-0.3, -0.25) is 4.90 Å². The van der Waals surface area contributed by atoms with Crippen molar-refractivity contribution in [2.45, 2.75) is 38.5 Å². The number of carbonyl (C=O) groups excluding carboxylic acids is 1. The molecule has 2 heterocycles. The summed E-state index contributed by atoms with van der Waals surface area (Å²) in [5, 5.41) is 9.19. The molecule has 4 heteroatoms. The molecule has 3 aromatic rings. The normalized spacial score (nSPS) is 20.9. The number of aryl methyl sites for hydroxylation is 2. The van der Waals surface area contributed by atoms with Gasteiger partial charge in [0.2, 0.25) is 0 Å². The van der Waals surface area contributed by atoms with E-state index >= 15 is 0 Å². The second kappa shape index (κ2) is 12.6. The zero-order valence-electron chi connectivity index (χ0n) is 20.7. The van der Waals surface area contributed by atoms with Gasteiger partial charge in [0.15, 0.2) is 0 Å². The number of para-hydroxylation sites is 1. The Labute approximate surface area is 210 Å². The second-order valence-electron chi connectivity index (χ2n) is 9.97. The first-order valence-electron chi connectivity index (χ1n) is 12.9. The molecule has 2 aliphatic heterocycles. The minimum atomic E-state index is 0.408. The molecule has 184 valence electrons. The van der Waals surface area contributed by atoms with E-state index in [2.05, 4.69) is 40.1 Å². The summed E-state index contributed by atoms with van der Waals surface area (Å²) in [4.78, 5) is 15.4. The minimum absolute atomic E-state index is 0.408. The van der Waals surface area contributed by atoms with E-state index in [-0.39, 0.29) is 0 Å². The number of aldehydes is 1. The standard InChI is InChI=1S/C15H20N2O.C10H12O.C6H6/c18-11-10-16-8-6-15(12-16)7-9-17(13-15)14-4-2-1-3-5-14;11-10-6-5-8-3-1-2-4-9(8)7-10;1-2-4-6-5-3-1/h1-5,11H,6-10,12-13H2;5-7,11H,1-4H2;1-6H. The van der Waals surface area contributed by atoms with Gasteiger partial charge in [0.05, 0.1) is 6.54 Å². The van der Waals surface area contributed by atoms with E-state index in [1.54, 1.807) is 6.07 Å². The molecule has 0 aromatic heterocycles. The van der Waals surface area contributed by atoms with Gasteiger partial charge in [-0.2, -0.15) is 0 Å². The number of carbonyl (C=O) groups is 1. The van der Waals surface area contributed by atoms with Crippen LogP contribution < -0.4 is 4.90 Å². The van der Waals surface area contributed by atoms with E-state index in [0.29, 0.717) is 17.7 Å². The number of phenolic OH excluding ortho intramolecular Hbond substituents is 1. The zero-order chi connectivity index (χ0) is 24.3. The number of phenols is 1. The van der Waals surface area contributed by atoms with Gasteiger partial charge in [-0.15, -0.1) is 0 Å². The third-order valence-corrected chi connectivity index (χ3v) is 7.41. The quantitative estimate of drug-likeness (QED) is 0.496. The van der Waals surface area contributed by atoms with Crippen LogP contribution in [0.3, 0.4) is 0 Å². The largest absolute Gasteiger partial charge is 0.508 e. The minimum Gasteiger partial charge on any atom is -0.508 e. The number of hydrogen-bond acceptors (Lipinski definition) is 4. The summed E-state index contributed by atoms with van der Waals surface area (Å²) in [6.45, 7) is 5.08. The van der Waals surface area contributed by atoms with E-state index in [4.69, 9.17) is 0 Å². The van der Waals surface area contributed by atoms with Gasteiger partial charge in [-0.05, 0) is 80.5 Å². The average Bonchev–Trinajstić information content (AvgIpc) is 3.52. The smallest absolute Gasteiger partial charge is 0.133 e. The van der Waals surface area contributed by atoms with Gasteiger partial charge < -0.3 is 14.8 Å². The Morgan fingerprint density at radius 1 is 0.771 bits per heavy atom. The maximum absolute atomic E-state index is 10.6. The summed E-state index contributed by atoms with van der Waals surface area (Å²) in [5.41, 5.74) is 4.53. The Morgan fingerprint density at radius 2 is 1.40 bits per heavy atom. The van der Waals surface area contributed by atoms with Crippen LogP contribution >= 0.6 is 0 Å². The van der Waals surface area contributed by atoms with Crippen molar-refractivity contribution >= 4 is 12.0 Å². The van der Waals surface area contributed by atoms with Crippen LogP contribution in [0.2, 0.25) is 0 Å². The molecule has 6 rings (SSSR count). The molecule has 2 saturated heterocycles. The number of fused-ring (bicyclic) bond motifs is 1. The highest BCUT2D eigenvalue weighted by Gasteiger charge is 2.43. The van der Waals surface area contributed by atoms with Gasteiger partial charge in [0.25, 0.3) is 0 Å². The lowest BCUT2D eigenvalue weighted by atomic mass is 9.86. The molecular weight excluding hydrogens is 432 g/mol. The number of aromatic hydroxyl groups is 1. The third-order valence-electron chi connectivity index (χ3n) is 7.41. The summed E-state index contributed by atoms with van der Waals surface area (Å²) in [5.74, 6) is 0.408. The van der Waals surface area contributed by atoms with Crippen molar-refractivity contribution in [1.82, 2.24) is 4.90 Å². The molecule has 0 bridgehead atoms. The predicted molar refractivity (Wildman–Crippen MR) is 144 cm³/mol. The summed E-state index contributed by atoms with van der Waals surface area (Å²) in [6, 6.07) is 28.4. The van der Waals surface area contributed by atoms with Gasteiger partial charge in [0, 0.05) is 30.7 Å². The van der Waals surface area contributed by atoms with Crippen LogP contribution in [-0.4, -0.2) is 49.0 Å². The van der Waals surface area contributed by atoms with Crippen LogP contribution in [0.5, 0.6) is 5.75 Å². The Bertz CT molecular complexity index is 1010. The number of anilines is 1. The van der Waals surface area contributed by atoms with Crippen LogP contribution in [0.15, 0.2) is 84.9 Å². The molecule has 1 N–H and O–H groups in total. The lowest BCUT2D eigenvalue weighted by Gasteiger charge is -2.25. The van der Waals surface area contributed by atoms with Crippen LogP contribution in [-0.2, 0) is 17.6 Å². The maximum atomic E-state index is 10.6. The van der Waals surface area contributed by atoms with Crippen LogP contribution in [0.1, 0.15) is 36.8 Å². The number of nitrogens with zero attached hydrogens (tertiary/aromatic N) is 2. The predicted octanol–water partition coefficient (Wildman–Crippen LogP) is 5.75. The van der Waals surface area contributed by atoms with Crippen LogP contribution in [0.4, 0.5) is 5.69 Å². The fourth-order valence-electron chi connectivity index (χ4n) is 5.52. The second-order valence-corrected chi connectivity index (χ2v) is 9.97. The van der Waals surface area contributed by atoms with E-state index in [1.807, 2.05) is 48.5 Å². The fraction of sp³-hybridized carbons (Fsp3) is 0.387. The molecule has 2 fully saturated rings. The van der Waals surface area contributed by atoms with E-state index < -0.39 is 0 Å². The highest BCUT2D eigenvalue weighted by molar-refractivity contribution is 5.52. The van der Waals surface area contributed by atoms with Gasteiger partial charge in [-0.1, -0.05) is 60.7 Å². The van der Waals surface area contributed by atoms with Gasteiger partial charge in [0.1, 0.15) is 12.0 Å². The monoisotopic (exact) mass is 470 g/mol. The zero-order valence-corrected chi connectivity index (χ0v) is 20.7.